The van der Waals surface area contributed by atoms with Crippen molar-refractivity contribution >= 4 is 5.97 Å². The molecule has 0 amide bonds. The average molecular weight is 88.1 g/mol. The van der Waals surface area contributed by atoms with Crippen LogP contribution >= 0.6 is 0 Å². The van der Waals surface area contributed by atoms with Crippen molar-refractivity contribution in [2.45, 2.75) is 6.42 Å². The minimum absolute atomic E-state index is 0.0556. The fourth-order valence-corrected chi connectivity index (χ4v) is 0.123. The van der Waals surface area contributed by atoms with E-state index in [4.69, 9.17) is 5.11 Å². The normalized spacial score (nSPS) is 7.33. The summed E-state index contributed by atoms with van der Waals surface area (Å²) in [5.41, 5.74) is 0. The number of hydrogen-bond donors (Lipinski definition) is 1. The van der Waals surface area contributed by atoms with E-state index in [9.17, 15) is 4.79 Å². The van der Waals surface area contributed by atoms with Crippen molar-refractivity contribution in [1.29, 1.82) is 0 Å². The van der Waals surface area contributed by atoms with Gasteiger partial charge in [0.25, 0.3) is 0 Å². The van der Waals surface area contributed by atoms with Gasteiger partial charge in [0.1, 0.15) is 0 Å². The van der Waals surface area contributed by atoms with E-state index in [0.717, 1.165) is 0 Å². The minimum Gasteiger partial charge on any atom is -0.481 e. The number of carboxylic acids is 1. The zero-order valence-electron chi connectivity index (χ0n) is 3.35. The van der Waals surface area contributed by atoms with Gasteiger partial charge in [-0.05, 0) is 0 Å². The van der Waals surface area contributed by atoms with Gasteiger partial charge in [0, 0.05) is 0 Å². The Morgan fingerprint density at radius 1 is 2.00 bits per heavy atom. The lowest BCUT2D eigenvalue weighted by atomic mass is 11.0. The molecule has 0 spiro atoms. The van der Waals surface area contributed by atoms with E-state index in [1.54, 1.807) is 0 Å². The Labute approximate surface area is 36.1 Å². The number of rotatable bonds is 2. The molecule has 0 aliphatic carbocycles. The van der Waals surface area contributed by atoms with E-state index in [2.05, 4.69) is 6.58 Å². The highest BCUT2D eigenvalue weighted by Crippen LogP contribution is 1.74. The van der Waals surface area contributed by atoms with Crippen LogP contribution in [0, 0.1) is 0 Å². The van der Waals surface area contributed by atoms with Crippen LogP contribution in [0.3, 0.4) is 0 Å². The number of carbonyl (C=O) groups is 1. The fourth-order valence-electron chi connectivity index (χ4n) is 0.123. The minimum atomic E-state index is -0.829. The maximum absolute atomic E-state index is 9.53. The number of aliphatic carboxylic acids is 1. The average Bonchev–Trinajstić information content (AvgIpc) is 1.35. The van der Waals surface area contributed by atoms with Gasteiger partial charge in [0.2, 0.25) is 0 Å². The zero-order valence-corrected chi connectivity index (χ0v) is 3.35. The molecule has 0 heterocycles. The molecule has 2 heteroatoms. The van der Waals surface area contributed by atoms with Gasteiger partial charge in [-0.25, -0.2) is 0 Å². The van der Waals surface area contributed by atoms with Gasteiger partial charge in [0.15, 0.2) is 0 Å². The molecule has 6 heavy (non-hydrogen) atoms. The molecule has 0 aromatic carbocycles. The summed E-state index contributed by atoms with van der Waals surface area (Å²) < 4.78 is 0. The lowest BCUT2D eigenvalue weighted by Crippen LogP contribution is -1.88. The molecular weight excluding hydrogens is 82.0 g/mol. The summed E-state index contributed by atoms with van der Waals surface area (Å²) in [5, 5.41) is 7.84. The summed E-state index contributed by atoms with van der Waals surface area (Å²) in [6.07, 6.45) is 1.41. The van der Waals surface area contributed by atoms with Crippen LogP contribution in [0.25, 0.3) is 0 Å². The van der Waals surface area contributed by atoms with Crippen LogP contribution in [0.2, 0.25) is 0 Å². The Bertz CT molecular complexity index is 65.9. The Hall–Kier alpha value is -0.790. The van der Waals surface area contributed by atoms with Crippen molar-refractivity contribution in [3.05, 3.63) is 12.7 Å². The Morgan fingerprint density at radius 2 is 2.50 bits per heavy atom. The summed E-state index contributed by atoms with van der Waals surface area (Å²) >= 11 is 0. The molecule has 0 fully saturated rings. The second-order valence-corrected chi connectivity index (χ2v) is 0.887. The standard InChI is InChI=1S/C4H6O2/c1-2-3-4(5)6/h2H,1,3H2,(H,5,6)/i3+2. The predicted molar refractivity (Wildman–Crippen MR) is 22.4 cm³/mol. The first-order chi connectivity index (χ1) is 2.77. The second kappa shape index (κ2) is 2.45. The highest BCUT2D eigenvalue weighted by atomic mass is 16.4. The monoisotopic (exact) mass is 88.0 g/mol. The van der Waals surface area contributed by atoms with E-state index >= 15 is 0 Å². The summed E-state index contributed by atoms with van der Waals surface area (Å²) in [6.45, 7) is 3.22. The summed E-state index contributed by atoms with van der Waals surface area (Å²) in [6, 6.07) is 0. The molecular formula is C4H6O2. The van der Waals surface area contributed by atoms with Crippen LogP contribution in [-0.2, 0) is 4.79 Å². The topological polar surface area (TPSA) is 37.3 Å². The maximum Gasteiger partial charge on any atom is 0.307 e. The quantitative estimate of drug-likeness (QED) is 0.503. The lowest BCUT2D eigenvalue weighted by Gasteiger charge is -1.75. The lowest BCUT2D eigenvalue weighted by molar-refractivity contribution is -0.135. The Kier molecular flexibility index (Phi) is 2.13. The molecule has 0 rings (SSSR count). The summed E-state index contributed by atoms with van der Waals surface area (Å²) in [5.74, 6) is -0.829. The van der Waals surface area contributed by atoms with Crippen molar-refractivity contribution in [3.8, 4) is 0 Å². The van der Waals surface area contributed by atoms with Crippen LogP contribution in [0.4, 0.5) is 0 Å². The van der Waals surface area contributed by atoms with Crippen LogP contribution in [0.1, 0.15) is 6.42 Å². The third-order valence-corrected chi connectivity index (χ3v) is 0.319. The molecule has 2 nitrogen and oxygen atoms in total. The smallest absolute Gasteiger partial charge is 0.307 e. The van der Waals surface area contributed by atoms with E-state index in [0.29, 0.717) is 0 Å². The fraction of sp³-hybridized carbons (Fsp3) is 0.250. The van der Waals surface area contributed by atoms with E-state index < -0.39 is 5.97 Å². The molecule has 0 radical (unpaired) electrons. The van der Waals surface area contributed by atoms with Gasteiger partial charge >= 0.3 is 5.97 Å². The van der Waals surface area contributed by atoms with Crippen molar-refractivity contribution < 1.29 is 9.90 Å². The first kappa shape index (κ1) is 5.21. The van der Waals surface area contributed by atoms with Crippen molar-refractivity contribution in [3.63, 3.8) is 0 Å². The number of carboxylic acid groups (broad SMARTS) is 1. The SMILES string of the molecule is C=C[14CH2]C(=O)O. The first-order valence-electron chi connectivity index (χ1n) is 1.60. The third-order valence-electron chi connectivity index (χ3n) is 0.319. The highest BCUT2D eigenvalue weighted by Gasteiger charge is 1.84. The highest BCUT2D eigenvalue weighted by molar-refractivity contribution is 5.68. The molecule has 0 aliphatic rings. The Balaban J connectivity index is 3.05. The van der Waals surface area contributed by atoms with E-state index in [1.165, 1.54) is 6.08 Å². The van der Waals surface area contributed by atoms with Crippen LogP contribution in [0.15, 0.2) is 12.7 Å². The number of hydrogen-bond acceptors (Lipinski definition) is 1. The van der Waals surface area contributed by atoms with Gasteiger partial charge in [0.05, 0.1) is 6.42 Å². The van der Waals surface area contributed by atoms with Gasteiger partial charge in [-0.15, -0.1) is 6.58 Å². The largest absolute Gasteiger partial charge is 0.481 e. The molecule has 1 N–H and O–H groups in total. The van der Waals surface area contributed by atoms with Gasteiger partial charge in [-0.3, -0.25) is 4.79 Å². The third kappa shape index (κ3) is 3.21. The molecule has 0 atom stereocenters. The molecule has 0 bridgehead atoms. The molecule has 34 valence electrons. The van der Waals surface area contributed by atoms with E-state index in [-0.39, 0.29) is 6.42 Å². The van der Waals surface area contributed by atoms with Crippen molar-refractivity contribution in [1.82, 2.24) is 0 Å². The van der Waals surface area contributed by atoms with Crippen molar-refractivity contribution in [2.24, 2.45) is 0 Å². The molecule has 0 saturated heterocycles. The maximum atomic E-state index is 9.53. The predicted octanol–water partition coefficient (Wildman–Crippen LogP) is 0.647. The summed E-state index contributed by atoms with van der Waals surface area (Å²) in [4.78, 5) is 9.53. The van der Waals surface area contributed by atoms with Gasteiger partial charge in [-0.2, -0.15) is 0 Å². The van der Waals surface area contributed by atoms with Crippen molar-refractivity contribution in [2.75, 3.05) is 0 Å². The molecule has 0 aromatic rings. The molecule has 0 saturated carbocycles. The molecule has 0 aliphatic heterocycles. The van der Waals surface area contributed by atoms with Crippen LogP contribution in [-0.4, -0.2) is 11.1 Å². The van der Waals surface area contributed by atoms with Gasteiger partial charge in [-0.1, -0.05) is 6.08 Å². The molecule has 0 aromatic heterocycles. The Morgan fingerprint density at radius 3 is 2.50 bits per heavy atom. The van der Waals surface area contributed by atoms with Crippen LogP contribution in [0.5, 0.6) is 0 Å². The zero-order chi connectivity index (χ0) is 4.99. The van der Waals surface area contributed by atoms with E-state index in [1.807, 2.05) is 0 Å². The first-order valence-corrected chi connectivity index (χ1v) is 1.60. The second-order valence-electron chi connectivity index (χ2n) is 0.887. The van der Waals surface area contributed by atoms with Crippen LogP contribution < -0.4 is 0 Å². The van der Waals surface area contributed by atoms with Gasteiger partial charge < -0.3 is 5.11 Å². The molecule has 0 unspecified atom stereocenters. The summed E-state index contributed by atoms with van der Waals surface area (Å²) in [7, 11) is 0.